The van der Waals surface area contributed by atoms with Crippen LogP contribution in [0, 0.1) is 6.92 Å². The molecule has 0 spiro atoms. The summed E-state index contributed by atoms with van der Waals surface area (Å²) in [5.41, 5.74) is 2.74. The minimum Gasteiger partial charge on any atom is -0.482 e. The van der Waals surface area contributed by atoms with Gasteiger partial charge in [0.25, 0.3) is 11.8 Å². The summed E-state index contributed by atoms with van der Waals surface area (Å²) in [4.78, 5) is 38.1. The predicted molar refractivity (Wildman–Crippen MR) is 111 cm³/mol. The van der Waals surface area contributed by atoms with E-state index in [9.17, 15) is 14.4 Å². The van der Waals surface area contributed by atoms with E-state index in [0.717, 1.165) is 5.56 Å². The minimum absolute atomic E-state index is 0.103. The number of benzene rings is 2. The molecule has 30 heavy (non-hydrogen) atoms. The molecule has 7 heteroatoms. The molecule has 0 atom stereocenters. The van der Waals surface area contributed by atoms with E-state index < -0.39 is 0 Å². The Morgan fingerprint density at radius 1 is 1.07 bits per heavy atom. The molecule has 0 fully saturated rings. The minimum atomic E-state index is -0.377. The number of hydrogen-bond donors (Lipinski definition) is 1. The van der Waals surface area contributed by atoms with Crippen molar-refractivity contribution in [1.29, 1.82) is 0 Å². The lowest BCUT2D eigenvalue weighted by molar-refractivity contribution is -0.121. The molecule has 0 saturated heterocycles. The van der Waals surface area contributed by atoms with E-state index in [1.165, 1.54) is 11.8 Å². The molecular formula is C23H20N2O5. The number of nitrogens with zero attached hydrogens (tertiary/aromatic N) is 1. The number of amides is 2. The molecule has 3 aromatic rings. The van der Waals surface area contributed by atoms with Crippen LogP contribution in [0.5, 0.6) is 5.75 Å². The molecule has 0 bridgehead atoms. The van der Waals surface area contributed by atoms with Crippen molar-refractivity contribution < 1.29 is 23.5 Å². The quantitative estimate of drug-likeness (QED) is 0.650. The third-order valence-corrected chi connectivity index (χ3v) is 4.82. The molecule has 2 aromatic carbocycles. The van der Waals surface area contributed by atoms with Crippen molar-refractivity contribution in [3.05, 3.63) is 77.2 Å². The van der Waals surface area contributed by atoms with Crippen LogP contribution < -0.4 is 15.0 Å². The lowest BCUT2D eigenvalue weighted by Gasteiger charge is -2.29. The van der Waals surface area contributed by atoms with Gasteiger partial charge in [-0.15, -0.1) is 0 Å². The maximum Gasteiger partial charge on any atom is 0.291 e. The van der Waals surface area contributed by atoms with E-state index >= 15 is 0 Å². The van der Waals surface area contributed by atoms with Gasteiger partial charge in [0.1, 0.15) is 11.5 Å². The normalized spacial score (nSPS) is 12.9. The first-order valence-electron chi connectivity index (χ1n) is 9.45. The van der Waals surface area contributed by atoms with Crippen molar-refractivity contribution in [2.24, 2.45) is 0 Å². The second kappa shape index (κ2) is 7.87. The van der Waals surface area contributed by atoms with Crippen LogP contribution in [0.25, 0.3) is 0 Å². The highest BCUT2D eigenvalue weighted by atomic mass is 16.5. The van der Waals surface area contributed by atoms with E-state index in [1.54, 1.807) is 30.3 Å². The number of furan rings is 1. The SMILES string of the molecule is CC(=O)c1ccc2c(c1)N(Cc1ccc(C(=O)Nc3ccc(C)cc3)o1)C(=O)CO2. The number of carbonyl (C=O) groups excluding carboxylic acids is 3. The van der Waals surface area contributed by atoms with Crippen molar-refractivity contribution in [3.8, 4) is 5.75 Å². The standard InChI is InChI=1S/C23H20N2O5/c1-14-3-6-17(7-4-14)24-23(28)21-10-8-18(30-21)12-25-19-11-16(15(2)26)5-9-20(19)29-13-22(25)27/h3-11H,12-13H2,1-2H3,(H,24,28). The molecule has 4 rings (SSSR count). The smallest absolute Gasteiger partial charge is 0.291 e. The van der Waals surface area contributed by atoms with Gasteiger partial charge in [-0.25, -0.2) is 0 Å². The Labute approximate surface area is 173 Å². The molecule has 0 saturated carbocycles. The Balaban J connectivity index is 1.53. The van der Waals surface area contributed by atoms with Gasteiger partial charge in [0, 0.05) is 11.3 Å². The number of ketones is 1. The van der Waals surface area contributed by atoms with Crippen molar-refractivity contribution in [2.75, 3.05) is 16.8 Å². The number of nitrogens with one attached hydrogen (secondary N) is 1. The summed E-state index contributed by atoms with van der Waals surface area (Å²) in [5, 5.41) is 2.78. The highest BCUT2D eigenvalue weighted by Crippen LogP contribution is 2.34. The first-order valence-corrected chi connectivity index (χ1v) is 9.45. The maximum atomic E-state index is 12.4. The van der Waals surface area contributed by atoms with Crippen molar-refractivity contribution in [2.45, 2.75) is 20.4 Å². The topological polar surface area (TPSA) is 88.9 Å². The number of Topliss-reactive ketones (excluding diaryl/α,β-unsaturated/α-hetero) is 1. The lowest BCUT2D eigenvalue weighted by atomic mass is 10.1. The van der Waals surface area contributed by atoms with Gasteiger partial charge in [-0.3, -0.25) is 19.3 Å². The molecular weight excluding hydrogens is 384 g/mol. The number of ether oxygens (including phenoxy) is 1. The zero-order chi connectivity index (χ0) is 21.3. The summed E-state index contributed by atoms with van der Waals surface area (Å²) in [7, 11) is 0. The van der Waals surface area contributed by atoms with Crippen LogP contribution in [-0.4, -0.2) is 24.2 Å². The first kappa shape index (κ1) is 19.4. The molecule has 0 radical (unpaired) electrons. The number of aryl methyl sites for hydroxylation is 1. The highest BCUT2D eigenvalue weighted by molar-refractivity contribution is 6.03. The number of hydrogen-bond acceptors (Lipinski definition) is 5. The van der Waals surface area contributed by atoms with Crippen LogP contribution in [0.15, 0.2) is 59.0 Å². The monoisotopic (exact) mass is 404 g/mol. The first-order chi connectivity index (χ1) is 14.4. The lowest BCUT2D eigenvalue weighted by Crippen LogP contribution is -2.38. The van der Waals surface area contributed by atoms with Crippen LogP contribution in [0.3, 0.4) is 0 Å². The van der Waals surface area contributed by atoms with Crippen LogP contribution in [0.1, 0.15) is 39.2 Å². The van der Waals surface area contributed by atoms with Crippen molar-refractivity contribution in [1.82, 2.24) is 0 Å². The molecule has 152 valence electrons. The summed E-state index contributed by atoms with van der Waals surface area (Å²) >= 11 is 0. The Hall–Kier alpha value is -3.87. The van der Waals surface area contributed by atoms with Crippen molar-refractivity contribution >= 4 is 29.0 Å². The number of rotatable bonds is 5. The molecule has 2 amide bonds. The Morgan fingerprint density at radius 3 is 2.57 bits per heavy atom. The van der Waals surface area contributed by atoms with Crippen LogP contribution in [0.2, 0.25) is 0 Å². The molecule has 1 aromatic heterocycles. The van der Waals surface area contributed by atoms with Gasteiger partial charge in [0.15, 0.2) is 18.2 Å². The molecule has 0 aliphatic carbocycles. The zero-order valence-corrected chi connectivity index (χ0v) is 16.6. The molecule has 0 unspecified atom stereocenters. The third kappa shape index (κ3) is 3.96. The van der Waals surface area contributed by atoms with Gasteiger partial charge in [-0.2, -0.15) is 0 Å². The molecule has 1 N–H and O–H groups in total. The largest absolute Gasteiger partial charge is 0.482 e. The third-order valence-electron chi connectivity index (χ3n) is 4.82. The van der Waals surface area contributed by atoms with Gasteiger partial charge in [0.2, 0.25) is 0 Å². The van der Waals surface area contributed by atoms with Crippen molar-refractivity contribution in [3.63, 3.8) is 0 Å². The zero-order valence-electron chi connectivity index (χ0n) is 16.6. The number of anilines is 2. The van der Waals surface area contributed by atoms with E-state index in [4.69, 9.17) is 9.15 Å². The fraction of sp³-hybridized carbons (Fsp3) is 0.174. The molecule has 2 heterocycles. The average molecular weight is 404 g/mol. The van der Waals surface area contributed by atoms with Gasteiger partial charge in [0.05, 0.1) is 12.2 Å². The fourth-order valence-corrected chi connectivity index (χ4v) is 3.16. The van der Waals surface area contributed by atoms with Crippen LogP contribution >= 0.6 is 0 Å². The van der Waals surface area contributed by atoms with E-state index in [1.807, 2.05) is 31.2 Å². The van der Waals surface area contributed by atoms with E-state index in [-0.39, 0.29) is 36.5 Å². The summed E-state index contributed by atoms with van der Waals surface area (Å²) in [6, 6.07) is 15.6. The van der Waals surface area contributed by atoms with Crippen LogP contribution in [0.4, 0.5) is 11.4 Å². The Bertz CT molecular complexity index is 1130. The fourth-order valence-electron chi connectivity index (χ4n) is 3.16. The number of fused-ring (bicyclic) bond motifs is 1. The van der Waals surface area contributed by atoms with Gasteiger partial charge in [-0.1, -0.05) is 17.7 Å². The molecule has 7 nitrogen and oxygen atoms in total. The second-order valence-corrected chi connectivity index (χ2v) is 7.09. The van der Waals surface area contributed by atoms with Gasteiger partial charge in [-0.05, 0) is 56.3 Å². The average Bonchev–Trinajstić information content (AvgIpc) is 3.20. The van der Waals surface area contributed by atoms with E-state index in [0.29, 0.717) is 28.4 Å². The van der Waals surface area contributed by atoms with Gasteiger partial charge >= 0.3 is 0 Å². The maximum absolute atomic E-state index is 12.4. The second-order valence-electron chi connectivity index (χ2n) is 7.09. The summed E-state index contributed by atoms with van der Waals surface area (Å²) in [6.07, 6.45) is 0. The Kier molecular flexibility index (Phi) is 5.10. The number of carbonyl (C=O) groups is 3. The Morgan fingerprint density at radius 2 is 1.83 bits per heavy atom. The molecule has 1 aliphatic rings. The summed E-state index contributed by atoms with van der Waals surface area (Å²) < 4.78 is 11.1. The van der Waals surface area contributed by atoms with Crippen LogP contribution in [-0.2, 0) is 11.3 Å². The summed E-state index contributed by atoms with van der Waals surface area (Å²) in [6.45, 7) is 3.44. The van der Waals surface area contributed by atoms with Gasteiger partial charge < -0.3 is 14.5 Å². The highest BCUT2D eigenvalue weighted by Gasteiger charge is 2.27. The van der Waals surface area contributed by atoms with E-state index in [2.05, 4.69) is 5.32 Å². The molecule has 1 aliphatic heterocycles. The summed E-state index contributed by atoms with van der Waals surface area (Å²) in [5.74, 6) is 0.359. The predicted octanol–water partition coefficient (Wildman–Crippen LogP) is 3.97.